The predicted octanol–water partition coefficient (Wildman–Crippen LogP) is 3.48. The lowest BCUT2D eigenvalue weighted by Crippen LogP contribution is -2.26. The number of para-hydroxylation sites is 1. The van der Waals surface area contributed by atoms with Gasteiger partial charge < -0.3 is 33.9 Å². The fourth-order valence-corrected chi connectivity index (χ4v) is 4.16. The van der Waals surface area contributed by atoms with Crippen molar-refractivity contribution >= 4 is 21.9 Å². The molecule has 1 atom stereocenters. The van der Waals surface area contributed by atoms with Crippen molar-refractivity contribution in [3.8, 4) is 29.1 Å². The summed E-state index contributed by atoms with van der Waals surface area (Å²) >= 11 is 0. The van der Waals surface area contributed by atoms with Crippen LogP contribution in [0.25, 0.3) is 21.9 Å². The fourth-order valence-electron chi connectivity index (χ4n) is 4.16. The molecule has 0 amide bonds. The molecule has 1 aliphatic heterocycles. The van der Waals surface area contributed by atoms with Crippen LogP contribution in [0.15, 0.2) is 61.7 Å². The quantitative estimate of drug-likeness (QED) is 0.465. The van der Waals surface area contributed by atoms with E-state index in [9.17, 15) is 15.2 Å². The summed E-state index contributed by atoms with van der Waals surface area (Å²) in [5, 5.41) is 21.1. The highest BCUT2D eigenvalue weighted by molar-refractivity contribution is 6.09. The molecule has 1 unspecified atom stereocenters. The van der Waals surface area contributed by atoms with Gasteiger partial charge in [-0.15, -0.1) is 0 Å². The van der Waals surface area contributed by atoms with Gasteiger partial charge in [0.25, 0.3) is 0 Å². The van der Waals surface area contributed by atoms with Crippen molar-refractivity contribution in [3.63, 3.8) is 0 Å². The number of fused-ring (bicyclic) bond motifs is 4. The van der Waals surface area contributed by atoms with Crippen LogP contribution >= 0.6 is 0 Å². The van der Waals surface area contributed by atoms with Crippen molar-refractivity contribution < 1.29 is 28.2 Å². The van der Waals surface area contributed by atoms with E-state index in [2.05, 4.69) is 0 Å². The number of hydrogen-bond donors (Lipinski definition) is 2. The van der Waals surface area contributed by atoms with E-state index in [1.54, 1.807) is 24.3 Å². The third-order valence-electron chi connectivity index (χ3n) is 5.49. The molecule has 9 heteroatoms. The zero-order valence-corrected chi connectivity index (χ0v) is 17.0. The highest BCUT2D eigenvalue weighted by Gasteiger charge is 2.38. The number of aromatic hydroxyl groups is 1. The molecule has 9 nitrogen and oxygen atoms in total. The first-order valence-corrected chi connectivity index (χ1v) is 9.49. The Kier molecular flexibility index (Phi) is 4.23. The summed E-state index contributed by atoms with van der Waals surface area (Å²) in [6, 6.07) is 10.0. The van der Waals surface area contributed by atoms with Gasteiger partial charge >= 0.3 is 5.63 Å². The molecule has 160 valence electrons. The van der Waals surface area contributed by atoms with Gasteiger partial charge in [-0.25, -0.2) is 4.79 Å². The second-order valence-electron chi connectivity index (χ2n) is 7.05. The minimum Gasteiger partial charge on any atom is -0.508 e. The van der Waals surface area contributed by atoms with E-state index in [1.807, 2.05) is 6.07 Å². The molecular weight excluding hydrogens is 416 g/mol. The number of rotatable bonds is 3. The van der Waals surface area contributed by atoms with Crippen LogP contribution in [0, 0.1) is 11.3 Å². The number of nitriles is 1. The van der Waals surface area contributed by atoms with E-state index in [0.29, 0.717) is 22.3 Å². The number of hydrogen-bond acceptors (Lipinski definition) is 9. The van der Waals surface area contributed by atoms with Crippen molar-refractivity contribution in [3.05, 3.63) is 69.6 Å². The van der Waals surface area contributed by atoms with Crippen molar-refractivity contribution in [2.45, 2.75) is 5.92 Å². The molecule has 0 saturated carbocycles. The Labute approximate surface area is 180 Å². The maximum Gasteiger partial charge on any atom is 0.344 e. The van der Waals surface area contributed by atoms with Crippen molar-refractivity contribution in [2.24, 2.45) is 5.73 Å². The number of nitrogens with zero attached hydrogens (tertiary/aromatic N) is 1. The number of methoxy groups -OCH3 is 2. The van der Waals surface area contributed by atoms with Crippen LogP contribution in [0.5, 0.6) is 23.0 Å². The number of phenols is 1. The van der Waals surface area contributed by atoms with E-state index in [1.165, 1.54) is 26.5 Å². The molecule has 0 saturated heterocycles. The Balaban J connectivity index is 1.99. The normalized spacial score (nSPS) is 15.3. The molecule has 5 rings (SSSR count). The zero-order chi connectivity index (χ0) is 22.6. The maximum absolute atomic E-state index is 13.3. The average molecular weight is 432 g/mol. The Morgan fingerprint density at radius 1 is 1.12 bits per heavy atom. The summed E-state index contributed by atoms with van der Waals surface area (Å²) in [4.78, 5) is 13.3. The molecule has 3 N–H and O–H groups in total. The molecule has 2 aromatic heterocycles. The molecule has 3 heterocycles. The van der Waals surface area contributed by atoms with Crippen LogP contribution < -0.4 is 25.6 Å². The van der Waals surface area contributed by atoms with E-state index < -0.39 is 11.5 Å². The SMILES string of the molecule is COc1c2occc2c(OC)c2c3c(c(=O)oc12)C(c1ccccc1O)C(C#N)=C(N)O3. The maximum atomic E-state index is 13.3. The summed E-state index contributed by atoms with van der Waals surface area (Å²) in [5.74, 6) is -0.778. The number of ether oxygens (including phenoxy) is 3. The van der Waals surface area contributed by atoms with Gasteiger partial charge in [-0.3, -0.25) is 0 Å². The highest BCUT2D eigenvalue weighted by atomic mass is 16.5. The standard InChI is InChI=1S/C23H16N2O7/c1-28-17-11-7-8-30-18(11)21(29-2)20-16(17)19-15(23(27)32-20)14(12(9-24)22(25)31-19)10-5-3-4-6-13(10)26/h3-8,14,26H,25H2,1-2H3. The van der Waals surface area contributed by atoms with Crippen LogP contribution in [0.1, 0.15) is 17.0 Å². The lowest BCUT2D eigenvalue weighted by molar-refractivity contribution is 0.373. The Hall–Kier alpha value is -4.58. The number of nitrogens with two attached hydrogens (primary N) is 1. The average Bonchev–Trinajstić information content (AvgIpc) is 3.26. The number of phenolic OH excluding ortho intramolecular Hbond substituents is 1. The van der Waals surface area contributed by atoms with Crippen molar-refractivity contribution in [2.75, 3.05) is 14.2 Å². The molecule has 0 bridgehead atoms. The second-order valence-corrected chi connectivity index (χ2v) is 7.05. The van der Waals surface area contributed by atoms with E-state index in [-0.39, 0.29) is 45.2 Å². The zero-order valence-electron chi connectivity index (χ0n) is 17.0. The summed E-state index contributed by atoms with van der Waals surface area (Å²) in [5.41, 5.74) is 5.98. The van der Waals surface area contributed by atoms with Crippen molar-refractivity contribution in [1.82, 2.24) is 0 Å². The van der Waals surface area contributed by atoms with Gasteiger partial charge in [-0.2, -0.15) is 5.26 Å². The Morgan fingerprint density at radius 2 is 1.88 bits per heavy atom. The lowest BCUT2D eigenvalue weighted by atomic mass is 9.83. The topological polar surface area (TPSA) is 141 Å². The largest absolute Gasteiger partial charge is 0.508 e. The molecule has 2 aromatic carbocycles. The summed E-state index contributed by atoms with van der Waals surface area (Å²) < 4.78 is 28.1. The predicted molar refractivity (Wildman–Crippen MR) is 113 cm³/mol. The minimum absolute atomic E-state index is 0.00736. The molecular formula is C23H16N2O7. The van der Waals surface area contributed by atoms with Crippen LogP contribution in [0.3, 0.4) is 0 Å². The van der Waals surface area contributed by atoms with E-state index >= 15 is 0 Å². The molecule has 0 spiro atoms. The van der Waals surface area contributed by atoms with Crippen molar-refractivity contribution in [1.29, 1.82) is 5.26 Å². The number of allylic oxidation sites excluding steroid dienone is 1. The molecule has 0 radical (unpaired) electrons. The van der Waals surface area contributed by atoms with E-state index in [4.69, 9.17) is 28.8 Å². The first-order valence-electron chi connectivity index (χ1n) is 9.49. The van der Waals surface area contributed by atoms with Gasteiger partial charge in [0.1, 0.15) is 28.5 Å². The van der Waals surface area contributed by atoms with Gasteiger partial charge in [-0.1, -0.05) is 18.2 Å². The van der Waals surface area contributed by atoms with Crippen LogP contribution in [0.4, 0.5) is 0 Å². The highest BCUT2D eigenvalue weighted by Crippen LogP contribution is 2.51. The monoisotopic (exact) mass is 432 g/mol. The van der Waals surface area contributed by atoms with Crippen LogP contribution in [0.2, 0.25) is 0 Å². The van der Waals surface area contributed by atoms with E-state index in [0.717, 1.165) is 0 Å². The van der Waals surface area contributed by atoms with Gasteiger partial charge in [0.2, 0.25) is 11.6 Å². The van der Waals surface area contributed by atoms with Gasteiger partial charge in [-0.05, 0) is 12.1 Å². The van der Waals surface area contributed by atoms with Gasteiger partial charge in [0.15, 0.2) is 16.9 Å². The number of benzene rings is 2. The second kappa shape index (κ2) is 6.99. The molecule has 1 aliphatic rings. The third kappa shape index (κ3) is 2.46. The number of furan rings is 1. The fraction of sp³-hybridized carbons (Fsp3) is 0.130. The Bertz CT molecular complexity index is 1540. The Morgan fingerprint density at radius 3 is 2.56 bits per heavy atom. The molecule has 32 heavy (non-hydrogen) atoms. The van der Waals surface area contributed by atoms with Gasteiger partial charge in [0, 0.05) is 5.56 Å². The first-order chi connectivity index (χ1) is 15.5. The lowest BCUT2D eigenvalue weighted by Gasteiger charge is -2.27. The summed E-state index contributed by atoms with van der Waals surface area (Å²) in [7, 11) is 2.87. The molecule has 0 aliphatic carbocycles. The van der Waals surface area contributed by atoms with Crippen LogP contribution in [-0.2, 0) is 0 Å². The summed E-state index contributed by atoms with van der Waals surface area (Å²) in [6.45, 7) is 0. The molecule has 0 fully saturated rings. The smallest absolute Gasteiger partial charge is 0.344 e. The summed E-state index contributed by atoms with van der Waals surface area (Å²) in [6.07, 6.45) is 1.45. The van der Waals surface area contributed by atoms with Crippen LogP contribution in [-0.4, -0.2) is 19.3 Å². The first kappa shape index (κ1) is 19.4. The minimum atomic E-state index is -1.01. The third-order valence-corrected chi connectivity index (χ3v) is 5.49. The molecule has 4 aromatic rings. The van der Waals surface area contributed by atoms with Gasteiger partial charge in [0.05, 0.1) is 37.4 Å².